The molecule has 0 heterocycles. The van der Waals surface area contributed by atoms with Gasteiger partial charge in [-0.05, 0) is 42.5 Å². The van der Waals surface area contributed by atoms with Gasteiger partial charge in [0.15, 0.2) is 0 Å². The van der Waals surface area contributed by atoms with E-state index in [1.807, 2.05) is 5.43 Å². The lowest BCUT2D eigenvalue weighted by molar-refractivity contribution is -0.384. The zero-order valence-corrected chi connectivity index (χ0v) is 19.5. The van der Waals surface area contributed by atoms with Gasteiger partial charge in [-0.25, -0.2) is 5.43 Å². The third-order valence-corrected chi connectivity index (χ3v) is 5.12. The van der Waals surface area contributed by atoms with E-state index in [2.05, 4.69) is 31.7 Å². The summed E-state index contributed by atoms with van der Waals surface area (Å²) in [5, 5.41) is 19.6. The molecule has 0 aromatic heterocycles. The van der Waals surface area contributed by atoms with Crippen LogP contribution in [0.25, 0.3) is 0 Å². The minimum atomic E-state index is -1.11. The van der Waals surface area contributed by atoms with Crippen molar-refractivity contribution < 1.29 is 19.3 Å². The fraction of sp³-hybridized carbons (Fsp3) is 0. The standard InChI is InChI=1S/C22H15BrClN5O5/c23-14-6-8-15(9-7-14)26-20(30)16-3-1-2-4-18(16)27-21(31)22(32)28-25-12-13-5-10-17(24)19(11-13)29(33)34/h1-12H,(H,26,30)(H,27,31)(H,28,32)/b25-12-. The predicted molar refractivity (Wildman–Crippen MR) is 131 cm³/mol. The first kappa shape index (κ1) is 24.6. The van der Waals surface area contributed by atoms with Crippen molar-refractivity contribution in [2.24, 2.45) is 5.10 Å². The van der Waals surface area contributed by atoms with Gasteiger partial charge in [0.05, 0.1) is 22.4 Å². The molecular formula is C22H15BrClN5O5. The van der Waals surface area contributed by atoms with E-state index in [0.717, 1.165) is 10.7 Å². The summed E-state index contributed by atoms with van der Waals surface area (Å²) in [4.78, 5) is 47.3. The van der Waals surface area contributed by atoms with Crippen LogP contribution in [0, 0.1) is 10.1 Å². The molecule has 3 aromatic carbocycles. The normalized spacial score (nSPS) is 10.5. The van der Waals surface area contributed by atoms with Crippen molar-refractivity contribution in [2.45, 2.75) is 0 Å². The molecule has 3 aromatic rings. The van der Waals surface area contributed by atoms with Crippen molar-refractivity contribution in [3.05, 3.63) is 97.5 Å². The Kier molecular flexibility index (Phi) is 8.06. The van der Waals surface area contributed by atoms with Gasteiger partial charge < -0.3 is 10.6 Å². The molecule has 0 atom stereocenters. The van der Waals surface area contributed by atoms with Crippen LogP contribution in [0.1, 0.15) is 15.9 Å². The highest BCUT2D eigenvalue weighted by atomic mass is 79.9. The molecule has 0 fully saturated rings. The minimum Gasteiger partial charge on any atom is -0.322 e. The van der Waals surface area contributed by atoms with Gasteiger partial charge in [-0.3, -0.25) is 24.5 Å². The zero-order valence-electron chi connectivity index (χ0n) is 17.1. The van der Waals surface area contributed by atoms with Crippen LogP contribution in [-0.4, -0.2) is 28.9 Å². The van der Waals surface area contributed by atoms with Crippen molar-refractivity contribution in [3.63, 3.8) is 0 Å². The number of carbonyl (C=O) groups excluding carboxylic acids is 3. The number of para-hydroxylation sites is 1. The maximum absolute atomic E-state index is 12.6. The van der Waals surface area contributed by atoms with Gasteiger partial charge in [-0.1, -0.05) is 45.7 Å². The summed E-state index contributed by atoms with van der Waals surface area (Å²) in [5.41, 5.74) is 2.78. The van der Waals surface area contributed by atoms with Gasteiger partial charge in [0.2, 0.25) is 0 Å². The molecule has 12 heteroatoms. The molecule has 0 unspecified atom stereocenters. The quantitative estimate of drug-likeness (QED) is 0.183. The van der Waals surface area contributed by atoms with Crippen LogP contribution in [0.4, 0.5) is 17.1 Å². The summed E-state index contributed by atoms with van der Waals surface area (Å²) in [6, 6.07) is 17.0. The summed E-state index contributed by atoms with van der Waals surface area (Å²) in [7, 11) is 0. The first-order valence-electron chi connectivity index (χ1n) is 9.49. The third-order valence-electron chi connectivity index (χ3n) is 4.27. The molecule has 0 radical (unpaired) electrons. The molecule has 3 N–H and O–H groups in total. The van der Waals surface area contributed by atoms with Gasteiger partial charge in [0.1, 0.15) is 5.02 Å². The molecule has 0 aliphatic heterocycles. The molecule has 0 saturated carbocycles. The second-order valence-electron chi connectivity index (χ2n) is 6.63. The Morgan fingerprint density at radius 3 is 2.38 bits per heavy atom. The van der Waals surface area contributed by atoms with Crippen LogP contribution >= 0.6 is 27.5 Å². The lowest BCUT2D eigenvalue weighted by Crippen LogP contribution is -2.33. The van der Waals surface area contributed by atoms with E-state index in [9.17, 15) is 24.5 Å². The molecular weight excluding hydrogens is 530 g/mol. The number of hydrogen-bond acceptors (Lipinski definition) is 6. The number of halogens is 2. The van der Waals surface area contributed by atoms with Crippen LogP contribution in [-0.2, 0) is 9.59 Å². The SMILES string of the molecule is O=C(N/N=C\c1ccc(Cl)c([N+](=O)[O-])c1)C(=O)Nc1ccccc1C(=O)Nc1ccc(Br)cc1. The Bertz CT molecular complexity index is 1300. The van der Waals surface area contributed by atoms with Gasteiger partial charge in [-0.15, -0.1) is 0 Å². The summed E-state index contributed by atoms with van der Waals surface area (Å²) in [6.45, 7) is 0. The number of nitro benzene ring substituents is 1. The summed E-state index contributed by atoms with van der Waals surface area (Å²) >= 11 is 9.05. The van der Waals surface area contributed by atoms with Crippen molar-refractivity contribution in [1.29, 1.82) is 0 Å². The average Bonchev–Trinajstić information content (AvgIpc) is 2.81. The molecule has 3 rings (SSSR count). The second-order valence-corrected chi connectivity index (χ2v) is 7.95. The van der Waals surface area contributed by atoms with Crippen molar-refractivity contribution in [2.75, 3.05) is 10.6 Å². The number of amides is 3. The van der Waals surface area contributed by atoms with Crippen LogP contribution in [0.5, 0.6) is 0 Å². The van der Waals surface area contributed by atoms with E-state index >= 15 is 0 Å². The molecule has 0 aliphatic rings. The molecule has 172 valence electrons. The van der Waals surface area contributed by atoms with E-state index in [1.165, 1.54) is 30.3 Å². The van der Waals surface area contributed by atoms with E-state index in [-0.39, 0.29) is 27.5 Å². The summed E-state index contributed by atoms with van der Waals surface area (Å²) in [5.74, 6) is -2.66. The number of anilines is 2. The van der Waals surface area contributed by atoms with Crippen LogP contribution in [0.2, 0.25) is 5.02 Å². The van der Waals surface area contributed by atoms with Crippen molar-refractivity contribution in [3.8, 4) is 0 Å². The molecule has 34 heavy (non-hydrogen) atoms. The Labute approximate surface area is 206 Å². The lowest BCUT2D eigenvalue weighted by Gasteiger charge is -2.11. The minimum absolute atomic E-state index is 0.0478. The van der Waals surface area contributed by atoms with E-state index in [0.29, 0.717) is 5.69 Å². The fourth-order valence-corrected chi connectivity index (χ4v) is 3.12. The van der Waals surface area contributed by atoms with Gasteiger partial charge in [0, 0.05) is 21.8 Å². The first-order valence-corrected chi connectivity index (χ1v) is 10.7. The lowest BCUT2D eigenvalue weighted by atomic mass is 10.1. The number of nitrogens with zero attached hydrogens (tertiary/aromatic N) is 2. The van der Waals surface area contributed by atoms with Gasteiger partial charge in [0.25, 0.3) is 11.6 Å². The topological polar surface area (TPSA) is 143 Å². The molecule has 0 aliphatic carbocycles. The highest BCUT2D eigenvalue weighted by Gasteiger charge is 2.18. The Hall–Kier alpha value is -4.09. The highest BCUT2D eigenvalue weighted by molar-refractivity contribution is 9.10. The smallest absolute Gasteiger partial charge is 0.322 e. The van der Waals surface area contributed by atoms with E-state index in [1.54, 1.807) is 36.4 Å². The number of nitrogens with one attached hydrogen (secondary N) is 3. The first-order chi connectivity index (χ1) is 16.2. The van der Waals surface area contributed by atoms with Gasteiger partial charge >= 0.3 is 11.8 Å². The van der Waals surface area contributed by atoms with Crippen molar-refractivity contribution in [1.82, 2.24) is 5.43 Å². The number of carbonyl (C=O) groups is 3. The molecule has 10 nitrogen and oxygen atoms in total. The predicted octanol–water partition coefficient (Wildman–Crippen LogP) is 4.35. The largest absolute Gasteiger partial charge is 0.329 e. The van der Waals surface area contributed by atoms with Gasteiger partial charge in [-0.2, -0.15) is 5.10 Å². The monoisotopic (exact) mass is 543 g/mol. The molecule has 0 spiro atoms. The average molecular weight is 545 g/mol. The Balaban J connectivity index is 1.64. The number of hydrazone groups is 1. The number of rotatable bonds is 6. The molecule has 0 bridgehead atoms. The summed E-state index contributed by atoms with van der Waals surface area (Å²) in [6.07, 6.45) is 1.12. The van der Waals surface area contributed by atoms with E-state index in [4.69, 9.17) is 11.6 Å². The Morgan fingerprint density at radius 2 is 1.68 bits per heavy atom. The van der Waals surface area contributed by atoms with E-state index < -0.39 is 22.6 Å². The zero-order chi connectivity index (χ0) is 24.7. The third kappa shape index (κ3) is 6.47. The van der Waals surface area contributed by atoms with Crippen LogP contribution in [0.3, 0.4) is 0 Å². The molecule has 3 amide bonds. The Morgan fingerprint density at radius 1 is 0.971 bits per heavy atom. The molecule has 0 saturated heterocycles. The van der Waals surface area contributed by atoms with Crippen molar-refractivity contribution >= 4 is 68.5 Å². The summed E-state index contributed by atoms with van der Waals surface area (Å²) < 4.78 is 0.848. The van der Waals surface area contributed by atoms with Crippen LogP contribution in [0.15, 0.2) is 76.3 Å². The number of nitro groups is 1. The number of benzene rings is 3. The second kappa shape index (κ2) is 11.2. The number of hydrogen-bond donors (Lipinski definition) is 3. The van der Waals surface area contributed by atoms with Crippen LogP contribution < -0.4 is 16.1 Å². The highest BCUT2D eigenvalue weighted by Crippen LogP contribution is 2.24. The fourth-order valence-electron chi connectivity index (χ4n) is 2.67. The maximum Gasteiger partial charge on any atom is 0.329 e. The maximum atomic E-state index is 12.6.